The number of nitrogens with one attached hydrogen (secondary N) is 2. The summed E-state index contributed by atoms with van der Waals surface area (Å²) >= 11 is 0. The Balaban J connectivity index is 1.62. The zero-order valence-corrected chi connectivity index (χ0v) is 13.6. The van der Waals surface area contributed by atoms with Gasteiger partial charge >= 0.3 is 0 Å². The fourth-order valence-corrected chi connectivity index (χ4v) is 4.56. The van der Waals surface area contributed by atoms with Crippen LogP contribution in [0.1, 0.15) is 44.9 Å². The van der Waals surface area contributed by atoms with Crippen molar-refractivity contribution >= 4 is 21.7 Å². The molecule has 0 aromatic heterocycles. The molecule has 2 amide bonds. The van der Waals surface area contributed by atoms with E-state index in [0.29, 0.717) is 13.0 Å². The van der Waals surface area contributed by atoms with Crippen LogP contribution in [0.25, 0.3) is 0 Å². The Hall–Kier alpha value is -1.37. The molecule has 1 saturated heterocycles. The van der Waals surface area contributed by atoms with Crippen molar-refractivity contribution in [3.8, 4) is 0 Å². The molecule has 6 nitrogen and oxygen atoms in total. The van der Waals surface area contributed by atoms with Gasteiger partial charge in [0.25, 0.3) is 0 Å². The second kappa shape index (κ2) is 7.76. The number of allylic oxidation sites excluding steroid dienone is 1. The fraction of sp³-hybridized carbons (Fsp3) is 0.733. The highest BCUT2D eigenvalue weighted by atomic mass is 32.2. The Bertz CT molecular complexity index is 554. The first kappa shape index (κ1) is 17.0. The number of carbonyl (C=O) groups is 2. The van der Waals surface area contributed by atoms with Gasteiger partial charge in [0, 0.05) is 12.6 Å². The van der Waals surface area contributed by atoms with Crippen molar-refractivity contribution in [2.75, 3.05) is 18.1 Å². The molecule has 2 aliphatic rings. The van der Waals surface area contributed by atoms with Crippen molar-refractivity contribution in [1.29, 1.82) is 0 Å². The highest BCUT2D eigenvalue weighted by Gasteiger charge is 2.29. The third-order valence-electron chi connectivity index (χ3n) is 4.07. The van der Waals surface area contributed by atoms with E-state index < -0.39 is 15.7 Å². The molecule has 0 aromatic carbocycles. The SMILES string of the molecule is O=C(CC(=O)NC1CCS(=O)(=O)C1)NCCC1=CCCCC1. The zero-order valence-electron chi connectivity index (χ0n) is 12.8. The number of rotatable bonds is 6. The van der Waals surface area contributed by atoms with Crippen LogP contribution in [0.15, 0.2) is 11.6 Å². The number of amides is 2. The molecule has 1 atom stereocenters. The molecule has 0 bridgehead atoms. The van der Waals surface area contributed by atoms with Crippen molar-refractivity contribution in [2.45, 2.75) is 51.0 Å². The highest BCUT2D eigenvalue weighted by Crippen LogP contribution is 2.19. The molecule has 0 spiro atoms. The average Bonchev–Trinajstić information content (AvgIpc) is 2.78. The number of hydrogen-bond acceptors (Lipinski definition) is 4. The van der Waals surface area contributed by atoms with Crippen LogP contribution in [0.2, 0.25) is 0 Å². The lowest BCUT2D eigenvalue weighted by Gasteiger charge is -2.13. The largest absolute Gasteiger partial charge is 0.355 e. The van der Waals surface area contributed by atoms with Crippen LogP contribution in [0.4, 0.5) is 0 Å². The summed E-state index contributed by atoms with van der Waals surface area (Å²) in [6, 6.07) is -0.349. The van der Waals surface area contributed by atoms with E-state index in [2.05, 4.69) is 16.7 Å². The molecule has 1 fully saturated rings. The first-order valence-corrected chi connectivity index (χ1v) is 9.71. The minimum absolute atomic E-state index is 0.0193. The van der Waals surface area contributed by atoms with Crippen LogP contribution in [-0.2, 0) is 19.4 Å². The first-order valence-electron chi connectivity index (χ1n) is 7.89. The van der Waals surface area contributed by atoms with E-state index in [1.165, 1.54) is 18.4 Å². The van der Waals surface area contributed by atoms with Gasteiger partial charge in [-0.2, -0.15) is 0 Å². The van der Waals surface area contributed by atoms with Crippen LogP contribution in [0, 0.1) is 0 Å². The van der Waals surface area contributed by atoms with Crippen molar-refractivity contribution in [1.82, 2.24) is 10.6 Å². The highest BCUT2D eigenvalue weighted by molar-refractivity contribution is 7.91. The van der Waals surface area contributed by atoms with Crippen LogP contribution in [0.5, 0.6) is 0 Å². The predicted octanol–water partition coefficient (Wildman–Crippen LogP) is 0.686. The van der Waals surface area contributed by atoms with Crippen molar-refractivity contribution < 1.29 is 18.0 Å². The molecule has 0 radical (unpaired) electrons. The lowest BCUT2D eigenvalue weighted by Crippen LogP contribution is -2.38. The molecule has 1 heterocycles. The monoisotopic (exact) mass is 328 g/mol. The number of hydrogen-bond donors (Lipinski definition) is 2. The Morgan fingerprint density at radius 2 is 2.05 bits per heavy atom. The molecule has 0 aromatic rings. The van der Waals surface area contributed by atoms with Gasteiger partial charge in [-0.05, 0) is 38.5 Å². The molecule has 1 unspecified atom stereocenters. The summed E-state index contributed by atoms with van der Waals surface area (Å²) in [5, 5.41) is 5.36. The van der Waals surface area contributed by atoms with Crippen LogP contribution in [-0.4, -0.2) is 44.3 Å². The number of sulfone groups is 1. The van der Waals surface area contributed by atoms with E-state index in [9.17, 15) is 18.0 Å². The Labute approximate surface area is 131 Å². The van der Waals surface area contributed by atoms with E-state index in [-0.39, 0.29) is 29.9 Å². The third-order valence-corrected chi connectivity index (χ3v) is 5.84. The molecule has 1 aliphatic heterocycles. The van der Waals surface area contributed by atoms with Crippen LogP contribution < -0.4 is 10.6 Å². The first-order chi connectivity index (χ1) is 10.4. The van der Waals surface area contributed by atoms with Gasteiger partial charge in [0.2, 0.25) is 11.8 Å². The summed E-state index contributed by atoms with van der Waals surface area (Å²) in [4.78, 5) is 23.4. The molecule has 0 saturated carbocycles. The maximum absolute atomic E-state index is 11.7. The fourth-order valence-electron chi connectivity index (χ4n) is 2.89. The summed E-state index contributed by atoms with van der Waals surface area (Å²) in [5.41, 5.74) is 1.38. The summed E-state index contributed by atoms with van der Waals surface area (Å²) in [5.74, 6) is -0.625. The summed E-state index contributed by atoms with van der Waals surface area (Å²) < 4.78 is 22.6. The van der Waals surface area contributed by atoms with Crippen LogP contribution in [0.3, 0.4) is 0 Å². The standard InChI is InChI=1S/C15H24N2O4S/c18-14(16-8-6-12-4-2-1-3-5-12)10-15(19)17-13-7-9-22(20,21)11-13/h4,13H,1-3,5-11H2,(H,16,18)(H,17,19). The Kier molecular flexibility index (Phi) is 5.99. The van der Waals surface area contributed by atoms with Gasteiger partial charge in [-0.1, -0.05) is 11.6 Å². The normalized spacial score (nSPS) is 23.6. The van der Waals surface area contributed by atoms with Gasteiger partial charge in [0.05, 0.1) is 11.5 Å². The summed E-state index contributed by atoms with van der Waals surface area (Å²) in [7, 11) is -3.02. The average molecular weight is 328 g/mol. The topological polar surface area (TPSA) is 92.3 Å². The van der Waals surface area contributed by atoms with Gasteiger partial charge < -0.3 is 10.6 Å². The maximum atomic E-state index is 11.7. The minimum Gasteiger partial charge on any atom is -0.355 e. The second-order valence-electron chi connectivity index (χ2n) is 6.05. The molecule has 2 N–H and O–H groups in total. The molecule has 2 rings (SSSR count). The van der Waals surface area contributed by atoms with Gasteiger partial charge in [0.15, 0.2) is 9.84 Å². The molecule has 7 heteroatoms. The zero-order chi connectivity index (χ0) is 16.0. The van der Waals surface area contributed by atoms with Crippen molar-refractivity contribution in [2.24, 2.45) is 0 Å². The van der Waals surface area contributed by atoms with Crippen molar-refractivity contribution in [3.05, 3.63) is 11.6 Å². The van der Waals surface area contributed by atoms with Crippen LogP contribution >= 0.6 is 0 Å². The maximum Gasteiger partial charge on any atom is 0.229 e. The van der Waals surface area contributed by atoms with E-state index in [4.69, 9.17) is 0 Å². The molecular weight excluding hydrogens is 304 g/mol. The minimum atomic E-state index is -3.02. The predicted molar refractivity (Wildman–Crippen MR) is 84.0 cm³/mol. The second-order valence-corrected chi connectivity index (χ2v) is 8.28. The van der Waals surface area contributed by atoms with Gasteiger partial charge in [0.1, 0.15) is 6.42 Å². The van der Waals surface area contributed by atoms with Gasteiger partial charge in [-0.25, -0.2) is 8.42 Å². The van der Waals surface area contributed by atoms with E-state index in [0.717, 1.165) is 19.3 Å². The Morgan fingerprint density at radius 1 is 1.23 bits per heavy atom. The number of carbonyl (C=O) groups excluding carboxylic acids is 2. The molecule has 1 aliphatic carbocycles. The molecule has 22 heavy (non-hydrogen) atoms. The lowest BCUT2D eigenvalue weighted by molar-refractivity contribution is -0.129. The summed E-state index contributed by atoms with van der Waals surface area (Å²) in [6.45, 7) is 0.551. The van der Waals surface area contributed by atoms with E-state index in [1.807, 2.05) is 0 Å². The van der Waals surface area contributed by atoms with Crippen molar-refractivity contribution in [3.63, 3.8) is 0 Å². The molecule has 124 valence electrons. The summed E-state index contributed by atoms with van der Waals surface area (Å²) in [6.07, 6.45) is 7.96. The molecular formula is C15H24N2O4S. The lowest BCUT2D eigenvalue weighted by atomic mass is 9.97. The van der Waals surface area contributed by atoms with Gasteiger partial charge in [-0.15, -0.1) is 0 Å². The van der Waals surface area contributed by atoms with Gasteiger partial charge in [-0.3, -0.25) is 9.59 Å². The quantitative estimate of drug-likeness (QED) is 0.554. The Morgan fingerprint density at radius 3 is 2.68 bits per heavy atom. The van der Waals surface area contributed by atoms with E-state index in [1.54, 1.807) is 0 Å². The van der Waals surface area contributed by atoms with E-state index >= 15 is 0 Å². The smallest absolute Gasteiger partial charge is 0.229 e. The third kappa shape index (κ3) is 5.79.